The van der Waals surface area contributed by atoms with Crippen molar-refractivity contribution in [2.24, 2.45) is 0 Å². The molecule has 2 aromatic carbocycles. The quantitative estimate of drug-likeness (QED) is 0.518. The summed E-state index contributed by atoms with van der Waals surface area (Å²) in [5, 5.41) is 0.384. The molecule has 0 spiro atoms. The van der Waals surface area contributed by atoms with Crippen LogP contribution in [0.5, 0.6) is 5.75 Å². The number of hydrogen-bond donors (Lipinski definition) is 0. The van der Waals surface area contributed by atoms with E-state index in [9.17, 15) is 9.18 Å². The maximum absolute atomic E-state index is 14.5. The highest BCUT2D eigenvalue weighted by molar-refractivity contribution is 6.30. The first-order valence-corrected chi connectivity index (χ1v) is 11.3. The van der Waals surface area contributed by atoms with Crippen molar-refractivity contribution in [1.82, 2.24) is 4.90 Å². The van der Waals surface area contributed by atoms with Gasteiger partial charge in [-0.05, 0) is 75.6 Å². The van der Waals surface area contributed by atoms with E-state index in [1.54, 1.807) is 17.0 Å². The predicted molar refractivity (Wildman–Crippen MR) is 119 cm³/mol. The highest BCUT2D eigenvalue weighted by atomic mass is 35.5. The van der Waals surface area contributed by atoms with E-state index in [0.717, 1.165) is 42.6 Å². The Morgan fingerprint density at radius 2 is 1.87 bits per heavy atom. The molecule has 1 amide bonds. The Morgan fingerprint density at radius 1 is 1.13 bits per heavy atom. The number of nitrogens with zero attached hydrogens (tertiary/aromatic N) is 1. The van der Waals surface area contributed by atoms with Crippen LogP contribution in [0, 0.1) is 5.82 Å². The molecule has 0 saturated carbocycles. The lowest BCUT2D eigenvalue weighted by atomic mass is 9.86. The van der Waals surface area contributed by atoms with Gasteiger partial charge in [0.15, 0.2) is 0 Å². The fraction of sp³-hybridized carbons (Fsp3) is 0.480. The highest BCUT2D eigenvalue weighted by Crippen LogP contribution is 2.43. The molecule has 2 aromatic rings. The number of carbonyl (C=O) groups is 1. The Morgan fingerprint density at radius 3 is 2.55 bits per heavy atom. The van der Waals surface area contributed by atoms with Gasteiger partial charge in [-0.1, -0.05) is 35.9 Å². The maximum atomic E-state index is 14.5. The van der Waals surface area contributed by atoms with Crippen LogP contribution < -0.4 is 4.74 Å². The highest BCUT2D eigenvalue weighted by Gasteiger charge is 2.31. The molecule has 31 heavy (non-hydrogen) atoms. The van der Waals surface area contributed by atoms with Gasteiger partial charge in [-0.25, -0.2) is 9.18 Å². The summed E-state index contributed by atoms with van der Waals surface area (Å²) in [6, 6.07) is 11.0. The summed E-state index contributed by atoms with van der Waals surface area (Å²) in [7, 11) is 0. The largest absolute Gasteiger partial charge is 0.485 e. The van der Waals surface area contributed by atoms with Crippen LogP contribution in [0.2, 0.25) is 5.02 Å². The molecule has 0 N–H and O–H groups in total. The zero-order chi connectivity index (χ0) is 22.2. The molecule has 1 fully saturated rings. The maximum Gasteiger partial charge on any atom is 0.410 e. The third-order valence-corrected chi connectivity index (χ3v) is 6.19. The minimum absolute atomic E-state index is 0.254. The van der Waals surface area contributed by atoms with Gasteiger partial charge in [0.05, 0.1) is 0 Å². The monoisotopic (exact) mass is 445 g/mol. The Labute approximate surface area is 188 Å². The fourth-order valence-corrected chi connectivity index (χ4v) is 4.59. The summed E-state index contributed by atoms with van der Waals surface area (Å²) in [6.07, 6.45) is 2.68. The van der Waals surface area contributed by atoms with Gasteiger partial charge in [0.2, 0.25) is 0 Å². The number of amides is 1. The van der Waals surface area contributed by atoms with Gasteiger partial charge in [0.25, 0.3) is 0 Å². The summed E-state index contributed by atoms with van der Waals surface area (Å²) in [6.45, 7) is 6.94. The van der Waals surface area contributed by atoms with Crippen LogP contribution >= 0.6 is 11.6 Å². The number of aryl methyl sites for hydroxylation is 1. The molecule has 1 atom stereocenters. The summed E-state index contributed by atoms with van der Waals surface area (Å²) < 4.78 is 26.4. The van der Waals surface area contributed by atoms with E-state index in [0.29, 0.717) is 29.6 Å². The lowest BCUT2D eigenvalue weighted by Gasteiger charge is -2.35. The molecule has 6 heteroatoms. The van der Waals surface area contributed by atoms with Gasteiger partial charge in [-0.3, -0.25) is 0 Å². The van der Waals surface area contributed by atoms with E-state index < -0.39 is 5.60 Å². The van der Waals surface area contributed by atoms with E-state index in [1.807, 2.05) is 20.8 Å². The minimum Gasteiger partial charge on any atom is -0.485 e. The van der Waals surface area contributed by atoms with E-state index in [1.165, 1.54) is 6.07 Å². The third kappa shape index (κ3) is 4.98. The molecule has 4 rings (SSSR count). The second kappa shape index (κ2) is 8.70. The van der Waals surface area contributed by atoms with Crippen LogP contribution in [0.4, 0.5) is 9.18 Å². The van der Waals surface area contributed by atoms with Crippen molar-refractivity contribution in [2.45, 2.75) is 64.1 Å². The number of rotatable bonds is 2. The van der Waals surface area contributed by atoms with Crippen molar-refractivity contribution in [3.8, 4) is 5.75 Å². The number of benzene rings is 2. The van der Waals surface area contributed by atoms with E-state index in [-0.39, 0.29) is 18.0 Å². The summed E-state index contributed by atoms with van der Waals surface area (Å²) in [5.41, 5.74) is 2.37. The minimum atomic E-state index is -0.494. The normalized spacial score (nSPS) is 19.5. The lowest BCUT2D eigenvalue weighted by Crippen LogP contribution is -2.41. The van der Waals surface area contributed by atoms with E-state index in [4.69, 9.17) is 21.1 Å². The van der Waals surface area contributed by atoms with Gasteiger partial charge in [0, 0.05) is 23.7 Å². The molecule has 0 bridgehead atoms. The van der Waals surface area contributed by atoms with E-state index >= 15 is 0 Å². The molecule has 1 saturated heterocycles. The van der Waals surface area contributed by atoms with Gasteiger partial charge in [-0.2, -0.15) is 0 Å². The first-order chi connectivity index (χ1) is 14.7. The first-order valence-electron chi connectivity index (χ1n) is 10.9. The van der Waals surface area contributed by atoms with Crippen molar-refractivity contribution in [3.63, 3.8) is 0 Å². The van der Waals surface area contributed by atoms with Crippen LogP contribution in [-0.4, -0.2) is 29.7 Å². The molecule has 0 unspecified atom stereocenters. The van der Waals surface area contributed by atoms with Gasteiger partial charge in [0.1, 0.15) is 23.3 Å². The predicted octanol–water partition coefficient (Wildman–Crippen LogP) is 6.66. The number of ether oxygens (including phenoxy) is 2. The number of likely N-dealkylation sites (tertiary alicyclic amines) is 1. The molecule has 2 aliphatic heterocycles. The van der Waals surface area contributed by atoms with Gasteiger partial charge in [-0.15, -0.1) is 0 Å². The lowest BCUT2D eigenvalue weighted by molar-refractivity contribution is 0.0204. The smallest absolute Gasteiger partial charge is 0.410 e. The summed E-state index contributed by atoms with van der Waals surface area (Å²) in [5.74, 6) is 0.843. The summed E-state index contributed by atoms with van der Waals surface area (Å²) >= 11 is 5.92. The van der Waals surface area contributed by atoms with Crippen LogP contribution in [0.3, 0.4) is 0 Å². The van der Waals surface area contributed by atoms with Crippen molar-refractivity contribution in [1.29, 1.82) is 0 Å². The second-order valence-electron chi connectivity index (χ2n) is 9.39. The second-order valence-corrected chi connectivity index (χ2v) is 9.82. The van der Waals surface area contributed by atoms with Crippen molar-refractivity contribution in [2.75, 3.05) is 13.1 Å². The standard InChI is InChI=1S/C25H29ClFNO3/c1-25(2,3)31-24(29)28-13-11-16(12-14-28)19-6-4-5-17-7-10-22(30-23(17)19)20-9-8-18(26)15-21(20)27/h4-6,8-9,15-16,22H,7,10-14H2,1-3H3/t22-/m1/s1. The molecule has 0 aromatic heterocycles. The Balaban J connectivity index is 1.49. The number of halogens is 2. The van der Waals surface area contributed by atoms with Crippen LogP contribution in [-0.2, 0) is 11.2 Å². The molecular formula is C25H29ClFNO3. The average molecular weight is 446 g/mol. The summed E-state index contributed by atoms with van der Waals surface area (Å²) in [4.78, 5) is 14.2. The molecule has 2 aliphatic rings. The molecule has 0 radical (unpaired) electrons. The van der Waals surface area contributed by atoms with Crippen molar-refractivity contribution < 1.29 is 18.7 Å². The van der Waals surface area contributed by atoms with Crippen molar-refractivity contribution >= 4 is 17.7 Å². The van der Waals surface area contributed by atoms with Crippen LogP contribution in [0.15, 0.2) is 36.4 Å². The Bertz CT molecular complexity index is 964. The number of piperidine rings is 1. The third-order valence-electron chi connectivity index (χ3n) is 5.96. The topological polar surface area (TPSA) is 38.8 Å². The molecule has 2 heterocycles. The fourth-order valence-electron chi connectivity index (χ4n) is 4.44. The number of fused-ring (bicyclic) bond motifs is 1. The first kappa shape index (κ1) is 21.9. The molecule has 166 valence electrons. The molecular weight excluding hydrogens is 417 g/mol. The number of hydrogen-bond acceptors (Lipinski definition) is 3. The zero-order valence-corrected chi connectivity index (χ0v) is 19.0. The molecule has 0 aliphatic carbocycles. The van der Waals surface area contributed by atoms with Gasteiger partial charge < -0.3 is 14.4 Å². The average Bonchev–Trinajstić information content (AvgIpc) is 2.72. The van der Waals surface area contributed by atoms with Crippen LogP contribution in [0.25, 0.3) is 0 Å². The number of carbonyl (C=O) groups excluding carboxylic acids is 1. The van der Waals surface area contributed by atoms with Crippen LogP contribution in [0.1, 0.15) is 68.7 Å². The molecule has 4 nitrogen and oxygen atoms in total. The SMILES string of the molecule is CC(C)(C)OC(=O)N1CCC(c2cccc3c2O[C@@H](c2ccc(Cl)cc2F)CC3)CC1. The van der Waals surface area contributed by atoms with Gasteiger partial charge >= 0.3 is 6.09 Å². The Kier molecular flexibility index (Phi) is 6.16. The Hall–Kier alpha value is -2.27. The zero-order valence-electron chi connectivity index (χ0n) is 18.3. The van der Waals surface area contributed by atoms with Crippen molar-refractivity contribution in [3.05, 3.63) is 63.9 Å². The number of para-hydroxylation sites is 1. The van der Waals surface area contributed by atoms with E-state index in [2.05, 4.69) is 18.2 Å².